The molecule has 4 heterocycles. The zero-order valence-electron chi connectivity index (χ0n) is 17.6. The van der Waals surface area contributed by atoms with Gasteiger partial charge in [0.2, 0.25) is 5.95 Å². The van der Waals surface area contributed by atoms with Gasteiger partial charge in [-0.1, -0.05) is 17.8 Å². The Morgan fingerprint density at radius 2 is 1.88 bits per heavy atom. The Bertz CT molecular complexity index is 1160. The standard InChI is InChI=1S/C21H24N6O3S2/c1-14-3-4-15(11-16(14)24-21-25-17-12-32(29,30)13-18(17)31-21)19(28)26-7-9-27(10-8-26)20-22-5-2-6-23-20/h2-6,11,17-18H,7-10,12-13H2,1H3,(H,24,25)/t17-,18-/m1/s1. The number of hydrogen-bond acceptors (Lipinski definition) is 9. The third-order valence-electron chi connectivity index (χ3n) is 5.95. The van der Waals surface area contributed by atoms with Gasteiger partial charge < -0.3 is 15.1 Å². The number of sulfone groups is 1. The second-order valence-corrected chi connectivity index (χ2v) is 11.6. The molecule has 1 amide bonds. The van der Waals surface area contributed by atoms with Crippen LogP contribution in [0.3, 0.4) is 0 Å². The molecule has 2 aromatic rings. The van der Waals surface area contributed by atoms with E-state index in [9.17, 15) is 13.2 Å². The number of nitrogens with zero attached hydrogens (tertiary/aromatic N) is 5. The first-order valence-electron chi connectivity index (χ1n) is 10.5. The SMILES string of the molecule is Cc1ccc(C(=O)N2CCN(c3ncccn3)CC2)cc1NC1=N[C@@H]2CS(=O)(=O)C[C@H]2S1. The highest BCUT2D eigenvalue weighted by Gasteiger charge is 2.42. The van der Waals surface area contributed by atoms with Crippen molar-refractivity contribution < 1.29 is 13.2 Å². The molecule has 2 fully saturated rings. The quantitative estimate of drug-likeness (QED) is 0.715. The molecule has 168 valence electrons. The number of aromatic nitrogens is 2. The van der Waals surface area contributed by atoms with Gasteiger partial charge in [-0.3, -0.25) is 9.79 Å². The number of fused-ring (bicyclic) bond motifs is 1. The molecule has 0 saturated carbocycles. The third kappa shape index (κ3) is 4.31. The first-order valence-corrected chi connectivity index (χ1v) is 13.2. The van der Waals surface area contributed by atoms with Gasteiger partial charge in [-0.05, 0) is 30.7 Å². The van der Waals surface area contributed by atoms with Crippen LogP contribution in [0.1, 0.15) is 15.9 Å². The summed E-state index contributed by atoms with van der Waals surface area (Å²) in [7, 11) is -2.98. The Morgan fingerprint density at radius 3 is 2.59 bits per heavy atom. The van der Waals surface area contributed by atoms with E-state index in [2.05, 4.69) is 25.2 Å². The van der Waals surface area contributed by atoms with Gasteiger partial charge in [0.25, 0.3) is 5.91 Å². The van der Waals surface area contributed by atoms with Crippen molar-refractivity contribution in [1.82, 2.24) is 14.9 Å². The molecule has 11 heteroatoms. The van der Waals surface area contributed by atoms with E-state index in [1.807, 2.05) is 30.0 Å². The van der Waals surface area contributed by atoms with Gasteiger partial charge in [0.05, 0.1) is 17.5 Å². The third-order valence-corrected chi connectivity index (χ3v) is 9.09. The van der Waals surface area contributed by atoms with Crippen LogP contribution in [-0.4, -0.2) is 83.3 Å². The number of amidine groups is 1. The molecule has 0 radical (unpaired) electrons. The van der Waals surface area contributed by atoms with Crippen LogP contribution in [0, 0.1) is 6.92 Å². The van der Waals surface area contributed by atoms with Crippen molar-refractivity contribution in [3.8, 4) is 0 Å². The lowest BCUT2D eigenvalue weighted by Gasteiger charge is -2.34. The molecule has 0 spiro atoms. The monoisotopic (exact) mass is 472 g/mol. The van der Waals surface area contributed by atoms with Crippen molar-refractivity contribution in [1.29, 1.82) is 0 Å². The van der Waals surface area contributed by atoms with Gasteiger partial charge in [0.1, 0.15) is 0 Å². The summed E-state index contributed by atoms with van der Waals surface area (Å²) in [6, 6.07) is 7.24. The largest absolute Gasteiger partial charge is 0.337 e. The number of aliphatic imine (C=N–C) groups is 1. The second kappa shape index (κ2) is 8.36. The van der Waals surface area contributed by atoms with Crippen molar-refractivity contribution in [2.45, 2.75) is 18.2 Å². The zero-order chi connectivity index (χ0) is 22.3. The average Bonchev–Trinajstić information content (AvgIpc) is 3.28. The molecule has 3 aliphatic heterocycles. The minimum atomic E-state index is -2.98. The molecule has 9 nitrogen and oxygen atoms in total. The summed E-state index contributed by atoms with van der Waals surface area (Å²) in [5.74, 6) is 0.974. The summed E-state index contributed by atoms with van der Waals surface area (Å²) in [5, 5.41) is 4.02. The fraction of sp³-hybridized carbons (Fsp3) is 0.429. The molecule has 1 aromatic heterocycles. The summed E-state index contributed by atoms with van der Waals surface area (Å²) >= 11 is 1.47. The number of aryl methyl sites for hydroxylation is 1. The fourth-order valence-electron chi connectivity index (χ4n) is 4.17. The Labute approximate surface area is 191 Å². The van der Waals surface area contributed by atoms with E-state index < -0.39 is 9.84 Å². The maximum Gasteiger partial charge on any atom is 0.254 e. The van der Waals surface area contributed by atoms with E-state index in [1.165, 1.54) is 11.8 Å². The minimum absolute atomic E-state index is 0.00865. The summed E-state index contributed by atoms with van der Waals surface area (Å²) < 4.78 is 23.6. The Balaban J connectivity index is 1.25. The molecule has 2 atom stereocenters. The van der Waals surface area contributed by atoms with Crippen LogP contribution in [-0.2, 0) is 9.84 Å². The number of benzene rings is 1. The predicted octanol–water partition coefficient (Wildman–Crippen LogP) is 1.43. The highest BCUT2D eigenvalue weighted by molar-refractivity contribution is 8.15. The van der Waals surface area contributed by atoms with E-state index in [-0.39, 0.29) is 28.7 Å². The van der Waals surface area contributed by atoms with Crippen molar-refractivity contribution in [3.63, 3.8) is 0 Å². The number of hydrogen-bond donors (Lipinski definition) is 1. The molecule has 0 aliphatic carbocycles. The summed E-state index contributed by atoms with van der Waals surface area (Å²) in [6.07, 6.45) is 3.44. The number of carbonyl (C=O) groups is 1. The van der Waals surface area contributed by atoms with E-state index in [0.717, 1.165) is 16.4 Å². The molecule has 3 aliphatic rings. The predicted molar refractivity (Wildman–Crippen MR) is 126 cm³/mol. The lowest BCUT2D eigenvalue weighted by atomic mass is 10.1. The van der Waals surface area contributed by atoms with Crippen LogP contribution in [0.15, 0.2) is 41.7 Å². The van der Waals surface area contributed by atoms with Crippen LogP contribution in [0.25, 0.3) is 0 Å². The van der Waals surface area contributed by atoms with Gasteiger partial charge in [0, 0.05) is 55.1 Å². The number of rotatable bonds is 3. The first kappa shape index (κ1) is 21.2. The van der Waals surface area contributed by atoms with E-state index in [1.54, 1.807) is 18.5 Å². The molecule has 5 rings (SSSR count). The van der Waals surface area contributed by atoms with E-state index in [0.29, 0.717) is 37.7 Å². The smallest absolute Gasteiger partial charge is 0.254 e. The highest BCUT2D eigenvalue weighted by Crippen LogP contribution is 2.35. The number of piperazine rings is 1. The number of nitrogens with one attached hydrogen (secondary N) is 1. The van der Waals surface area contributed by atoms with Crippen molar-refractivity contribution in [2.75, 3.05) is 47.9 Å². The van der Waals surface area contributed by atoms with Gasteiger partial charge in [-0.2, -0.15) is 0 Å². The Hall–Kier alpha value is -2.66. The number of thioether (sulfide) groups is 1. The van der Waals surface area contributed by atoms with Crippen molar-refractivity contribution >= 4 is 44.3 Å². The number of carbonyl (C=O) groups excluding carboxylic acids is 1. The van der Waals surface area contributed by atoms with E-state index >= 15 is 0 Å². The summed E-state index contributed by atoms with van der Waals surface area (Å²) in [4.78, 5) is 30.2. The van der Waals surface area contributed by atoms with Gasteiger partial charge in [-0.25, -0.2) is 18.4 Å². The van der Waals surface area contributed by atoms with Crippen LogP contribution >= 0.6 is 11.8 Å². The normalized spacial score (nSPS) is 24.2. The van der Waals surface area contributed by atoms with E-state index in [4.69, 9.17) is 0 Å². The highest BCUT2D eigenvalue weighted by atomic mass is 32.2. The Morgan fingerprint density at radius 1 is 1.12 bits per heavy atom. The maximum atomic E-state index is 13.1. The topological polar surface area (TPSA) is 108 Å². The summed E-state index contributed by atoms with van der Waals surface area (Å²) in [6.45, 7) is 4.56. The molecule has 2 saturated heterocycles. The van der Waals surface area contributed by atoms with Gasteiger partial charge in [0.15, 0.2) is 15.0 Å². The van der Waals surface area contributed by atoms with Crippen LogP contribution < -0.4 is 10.2 Å². The molecular weight excluding hydrogens is 448 g/mol. The Kier molecular flexibility index (Phi) is 5.54. The van der Waals surface area contributed by atoms with Crippen LogP contribution in [0.4, 0.5) is 11.6 Å². The van der Waals surface area contributed by atoms with Crippen molar-refractivity contribution in [3.05, 3.63) is 47.8 Å². The second-order valence-electron chi connectivity index (χ2n) is 8.22. The van der Waals surface area contributed by atoms with Crippen LogP contribution in [0.2, 0.25) is 0 Å². The summed E-state index contributed by atoms with van der Waals surface area (Å²) in [5.41, 5.74) is 2.44. The van der Waals surface area contributed by atoms with Crippen molar-refractivity contribution in [2.24, 2.45) is 4.99 Å². The number of anilines is 2. The van der Waals surface area contributed by atoms with Gasteiger partial charge in [-0.15, -0.1) is 0 Å². The lowest BCUT2D eigenvalue weighted by Crippen LogP contribution is -2.49. The molecule has 32 heavy (non-hydrogen) atoms. The molecule has 0 bridgehead atoms. The first-order chi connectivity index (χ1) is 15.4. The lowest BCUT2D eigenvalue weighted by molar-refractivity contribution is 0.0746. The fourth-order valence-corrected chi connectivity index (χ4v) is 7.84. The average molecular weight is 473 g/mol. The minimum Gasteiger partial charge on any atom is -0.337 e. The van der Waals surface area contributed by atoms with Gasteiger partial charge >= 0.3 is 0 Å². The molecular formula is C21H24N6O3S2. The van der Waals surface area contributed by atoms with Crippen LogP contribution in [0.5, 0.6) is 0 Å². The molecule has 1 N–H and O–H groups in total. The molecule has 1 aromatic carbocycles. The number of amides is 1. The molecule has 0 unspecified atom stereocenters. The maximum absolute atomic E-state index is 13.1. The zero-order valence-corrected chi connectivity index (χ0v) is 19.3.